The number of aliphatic carboxylic acids is 1. The van der Waals surface area contributed by atoms with Crippen molar-refractivity contribution in [2.45, 2.75) is 32.2 Å². The maximum absolute atomic E-state index is 12.2. The number of hydrogen-bond donors (Lipinski definition) is 2. The molecule has 1 saturated carbocycles. The maximum atomic E-state index is 12.2. The van der Waals surface area contributed by atoms with Crippen LogP contribution >= 0.6 is 15.9 Å². The van der Waals surface area contributed by atoms with E-state index in [0.717, 1.165) is 22.9 Å². The van der Waals surface area contributed by atoms with E-state index in [2.05, 4.69) is 21.2 Å². The number of nitrogens with one attached hydrogen (secondary N) is 1. The number of benzene rings is 1. The van der Waals surface area contributed by atoms with Crippen LogP contribution in [0.5, 0.6) is 0 Å². The highest BCUT2D eigenvalue weighted by Gasteiger charge is 2.35. The Morgan fingerprint density at radius 1 is 1.20 bits per heavy atom. The van der Waals surface area contributed by atoms with Gasteiger partial charge in [-0.05, 0) is 24.5 Å². The second kappa shape index (κ2) is 6.88. The van der Waals surface area contributed by atoms with Crippen molar-refractivity contribution in [1.29, 1.82) is 0 Å². The van der Waals surface area contributed by atoms with Crippen LogP contribution in [-0.2, 0) is 16.1 Å². The lowest BCUT2D eigenvalue weighted by atomic mass is 9.78. The first-order valence-corrected chi connectivity index (χ1v) is 7.63. The van der Waals surface area contributed by atoms with Crippen molar-refractivity contribution in [2.24, 2.45) is 11.8 Å². The summed E-state index contributed by atoms with van der Waals surface area (Å²) in [5.74, 6) is -1.94. The molecule has 0 heterocycles. The van der Waals surface area contributed by atoms with Crippen molar-refractivity contribution in [3.05, 3.63) is 34.3 Å². The van der Waals surface area contributed by atoms with E-state index in [1.807, 2.05) is 24.3 Å². The molecule has 0 spiro atoms. The highest BCUT2D eigenvalue weighted by molar-refractivity contribution is 9.10. The van der Waals surface area contributed by atoms with Crippen molar-refractivity contribution in [3.63, 3.8) is 0 Å². The van der Waals surface area contributed by atoms with Gasteiger partial charge in [0.15, 0.2) is 0 Å². The minimum Gasteiger partial charge on any atom is -0.481 e. The van der Waals surface area contributed by atoms with Gasteiger partial charge in [0.1, 0.15) is 0 Å². The third-order valence-electron chi connectivity index (χ3n) is 3.83. The summed E-state index contributed by atoms with van der Waals surface area (Å²) < 4.78 is 0.943. The molecule has 0 aliphatic heterocycles. The molecule has 1 amide bonds. The number of amides is 1. The lowest BCUT2D eigenvalue weighted by molar-refractivity contribution is -0.148. The fourth-order valence-corrected chi connectivity index (χ4v) is 3.12. The number of carbonyl (C=O) groups is 2. The van der Waals surface area contributed by atoms with Crippen LogP contribution in [0.2, 0.25) is 0 Å². The topological polar surface area (TPSA) is 66.4 Å². The highest BCUT2D eigenvalue weighted by atomic mass is 79.9. The fourth-order valence-electron chi connectivity index (χ4n) is 2.70. The molecular formula is C15H18BrNO3. The molecule has 0 saturated heterocycles. The molecule has 1 aromatic rings. The molecular weight excluding hydrogens is 322 g/mol. The van der Waals surface area contributed by atoms with E-state index in [4.69, 9.17) is 0 Å². The van der Waals surface area contributed by atoms with Crippen LogP contribution in [-0.4, -0.2) is 17.0 Å². The number of rotatable bonds is 4. The molecule has 2 rings (SSSR count). The molecule has 0 radical (unpaired) electrons. The zero-order chi connectivity index (χ0) is 14.5. The summed E-state index contributed by atoms with van der Waals surface area (Å²) in [5.41, 5.74) is 0.989. The second-order valence-electron chi connectivity index (χ2n) is 5.14. The molecule has 2 N–H and O–H groups in total. The largest absolute Gasteiger partial charge is 0.481 e. The van der Waals surface area contributed by atoms with Crippen molar-refractivity contribution in [3.8, 4) is 0 Å². The lowest BCUT2D eigenvalue weighted by Gasteiger charge is -2.27. The van der Waals surface area contributed by atoms with Crippen LogP contribution in [0.15, 0.2) is 28.7 Å². The Kier molecular flexibility index (Phi) is 5.17. The van der Waals surface area contributed by atoms with E-state index >= 15 is 0 Å². The fraction of sp³-hybridized carbons (Fsp3) is 0.467. The molecule has 2 unspecified atom stereocenters. The average molecular weight is 340 g/mol. The smallest absolute Gasteiger partial charge is 0.307 e. The summed E-state index contributed by atoms with van der Waals surface area (Å²) in [4.78, 5) is 23.4. The molecule has 1 aliphatic carbocycles. The minimum atomic E-state index is -0.856. The summed E-state index contributed by atoms with van der Waals surface area (Å²) in [6, 6.07) is 7.67. The number of carboxylic acid groups (broad SMARTS) is 1. The van der Waals surface area contributed by atoms with E-state index in [1.165, 1.54) is 0 Å². The molecule has 0 bridgehead atoms. The van der Waals surface area contributed by atoms with Gasteiger partial charge in [0.05, 0.1) is 11.8 Å². The molecule has 1 fully saturated rings. The Morgan fingerprint density at radius 2 is 1.85 bits per heavy atom. The molecule has 1 aliphatic rings. The van der Waals surface area contributed by atoms with Crippen LogP contribution in [0, 0.1) is 11.8 Å². The van der Waals surface area contributed by atoms with Crippen molar-refractivity contribution < 1.29 is 14.7 Å². The Morgan fingerprint density at radius 3 is 2.50 bits per heavy atom. The van der Waals surface area contributed by atoms with E-state index in [0.29, 0.717) is 19.4 Å². The Labute approximate surface area is 126 Å². The van der Waals surface area contributed by atoms with Gasteiger partial charge in [-0.15, -0.1) is 0 Å². The summed E-state index contributed by atoms with van der Waals surface area (Å²) >= 11 is 3.43. The zero-order valence-electron chi connectivity index (χ0n) is 11.1. The predicted octanol–water partition coefficient (Wildman–Crippen LogP) is 2.96. The number of halogens is 1. The molecule has 0 aromatic heterocycles. The molecule has 4 nitrogen and oxygen atoms in total. The SMILES string of the molecule is O=C(O)C1CCCCC1C(=O)NCc1ccccc1Br. The van der Waals surface area contributed by atoms with Gasteiger partial charge in [-0.25, -0.2) is 0 Å². The summed E-state index contributed by atoms with van der Waals surface area (Å²) in [6.45, 7) is 0.420. The lowest BCUT2D eigenvalue weighted by Crippen LogP contribution is -2.39. The van der Waals surface area contributed by atoms with Crippen LogP contribution in [0.1, 0.15) is 31.2 Å². The standard InChI is InChI=1S/C15H18BrNO3/c16-13-8-4-1-5-10(13)9-17-14(18)11-6-2-3-7-12(11)15(19)20/h1,4-5,8,11-12H,2-3,6-7,9H2,(H,17,18)(H,19,20). The third-order valence-corrected chi connectivity index (χ3v) is 4.60. The van der Waals surface area contributed by atoms with Crippen molar-refractivity contribution >= 4 is 27.8 Å². The number of carbonyl (C=O) groups excluding carboxylic acids is 1. The second-order valence-corrected chi connectivity index (χ2v) is 6.00. The molecule has 5 heteroatoms. The normalized spacial score (nSPS) is 22.2. The molecule has 108 valence electrons. The molecule has 20 heavy (non-hydrogen) atoms. The van der Waals surface area contributed by atoms with E-state index in [9.17, 15) is 14.7 Å². The van der Waals surface area contributed by atoms with Gasteiger partial charge < -0.3 is 10.4 Å². The monoisotopic (exact) mass is 339 g/mol. The first-order chi connectivity index (χ1) is 9.59. The van der Waals surface area contributed by atoms with Crippen LogP contribution in [0.4, 0.5) is 0 Å². The van der Waals surface area contributed by atoms with Crippen molar-refractivity contribution in [2.75, 3.05) is 0 Å². The van der Waals surface area contributed by atoms with Gasteiger partial charge >= 0.3 is 5.97 Å². The summed E-state index contributed by atoms with van der Waals surface area (Å²) in [7, 11) is 0. The van der Waals surface area contributed by atoms with Gasteiger partial charge in [0.2, 0.25) is 5.91 Å². The van der Waals surface area contributed by atoms with Gasteiger partial charge in [-0.1, -0.05) is 47.0 Å². The van der Waals surface area contributed by atoms with Gasteiger partial charge in [-0.3, -0.25) is 9.59 Å². The zero-order valence-corrected chi connectivity index (χ0v) is 12.7. The van der Waals surface area contributed by atoms with Gasteiger partial charge in [0.25, 0.3) is 0 Å². The quantitative estimate of drug-likeness (QED) is 0.886. The number of hydrogen-bond acceptors (Lipinski definition) is 2. The average Bonchev–Trinajstić information content (AvgIpc) is 2.46. The van der Waals surface area contributed by atoms with Crippen LogP contribution < -0.4 is 5.32 Å². The predicted molar refractivity (Wildman–Crippen MR) is 79.1 cm³/mol. The Bertz CT molecular complexity index is 504. The summed E-state index contributed by atoms with van der Waals surface area (Å²) in [6.07, 6.45) is 3.09. The van der Waals surface area contributed by atoms with Crippen molar-refractivity contribution in [1.82, 2.24) is 5.32 Å². The summed E-state index contributed by atoms with van der Waals surface area (Å²) in [5, 5.41) is 12.1. The van der Waals surface area contributed by atoms with Crippen LogP contribution in [0.3, 0.4) is 0 Å². The highest BCUT2D eigenvalue weighted by Crippen LogP contribution is 2.30. The van der Waals surface area contributed by atoms with Gasteiger partial charge in [-0.2, -0.15) is 0 Å². The van der Waals surface area contributed by atoms with Gasteiger partial charge in [0, 0.05) is 11.0 Å². The maximum Gasteiger partial charge on any atom is 0.307 e. The Hall–Kier alpha value is -1.36. The third kappa shape index (κ3) is 3.60. The molecule has 1 aromatic carbocycles. The van der Waals surface area contributed by atoms with E-state index in [-0.39, 0.29) is 5.91 Å². The van der Waals surface area contributed by atoms with Crippen LogP contribution in [0.25, 0.3) is 0 Å². The number of carboxylic acids is 1. The minimum absolute atomic E-state index is 0.146. The Balaban J connectivity index is 1.97. The van der Waals surface area contributed by atoms with E-state index < -0.39 is 17.8 Å². The van der Waals surface area contributed by atoms with E-state index in [1.54, 1.807) is 0 Å². The molecule has 2 atom stereocenters. The first kappa shape index (κ1) is 15.0. The first-order valence-electron chi connectivity index (χ1n) is 6.83.